The zero-order chi connectivity index (χ0) is 17.0. The van der Waals surface area contributed by atoms with Gasteiger partial charge in [-0.1, -0.05) is 68.4 Å². The van der Waals surface area contributed by atoms with E-state index in [9.17, 15) is 0 Å². The number of hydrogen-bond acceptors (Lipinski definition) is 2. The van der Waals surface area contributed by atoms with Crippen molar-refractivity contribution in [2.75, 3.05) is 0 Å². The third-order valence-electron chi connectivity index (χ3n) is 5.30. The van der Waals surface area contributed by atoms with Gasteiger partial charge < -0.3 is 0 Å². The van der Waals surface area contributed by atoms with Crippen LogP contribution in [0.3, 0.4) is 0 Å². The summed E-state index contributed by atoms with van der Waals surface area (Å²) < 4.78 is 0. The third kappa shape index (κ3) is 1.97. The van der Waals surface area contributed by atoms with E-state index in [2.05, 4.69) is 61.3 Å². The molecule has 0 spiro atoms. The Hall–Kier alpha value is -3.00. The summed E-state index contributed by atoms with van der Waals surface area (Å²) in [7, 11) is 0. The molecule has 0 atom stereocenters. The minimum absolute atomic E-state index is 0.0458. The molecule has 0 aliphatic heterocycles. The second-order valence-corrected chi connectivity index (χ2v) is 7.14. The fourth-order valence-electron chi connectivity index (χ4n) is 4.15. The van der Waals surface area contributed by atoms with Crippen molar-refractivity contribution < 1.29 is 0 Å². The van der Waals surface area contributed by atoms with Gasteiger partial charge in [0.2, 0.25) is 0 Å². The summed E-state index contributed by atoms with van der Waals surface area (Å²) in [6.45, 7) is 4.60. The molecule has 0 amide bonds. The maximum Gasteiger partial charge on any atom is 0.0896 e. The highest BCUT2D eigenvalue weighted by atomic mass is 14.8. The molecular formula is C23H18N2. The molecule has 0 N–H and O–H groups in total. The number of rotatable bonds is 1. The molecular weight excluding hydrogens is 304 g/mol. The fraction of sp³-hybridized carbons (Fsp3) is 0.130. The van der Waals surface area contributed by atoms with Crippen LogP contribution in [0, 0.1) is 0 Å². The standard InChI is InChI=1S/C23H18N2/c1-23(2)18-11-4-3-8-15(18)16-9-7-10-17(22(16)23)21-14-24-19-12-5-6-13-20(19)25-21/h3-14H,1-2H3. The number of benzene rings is 3. The largest absolute Gasteiger partial charge is 0.252 e. The summed E-state index contributed by atoms with van der Waals surface area (Å²) in [5, 5.41) is 0. The first kappa shape index (κ1) is 14.4. The predicted molar refractivity (Wildman–Crippen MR) is 103 cm³/mol. The molecule has 0 radical (unpaired) electrons. The zero-order valence-electron chi connectivity index (χ0n) is 14.3. The zero-order valence-corrected chi connectivity index (χ0v) is 14.3. The van der Waals surface area contributed by atoms with Gasteiger partial charge in [0.1, 0.15) is 0 Å². The van der Waals surface area contributed by atoms with Gasteiger partial charge in [0.25, 0.3) is 0 Å². The molecule has 3 aromatic carbocycles. The first-order valence-electron chi connectivity index (χ1n) is 8.62. The Bertz CT molecular complexity index is 1130. The maximum atomic E-state index is 4.89. The Morgan fingerprint density at radius 2 is 1.36 bits per heavy atom. The summed E-state index contributed by atoms with van der Waals surface area (Å²) >= 11 is 0. The fourth-order valence-corrected chi connectivity index (χ4v) is 4.15. The van der Waals surface area contributed by atoms with Crippen molar-refractivity contribution in [2.24, 2.45) is 0 Å². The van der Waals surface area contributed by atoms with Crippen molar-refractivity contribution in [1.29, 1.82) is 0 Å². The third-order valence-corrected chi connectivity index (χ3v) is 5.30. The SMILES string of the molecule is CC1(C)c2ccccc2-c2cccc(-c3cnc4ccccc4n3)c21. The van der Waals surface area contributed by atoms with Gasteiger partial charge in [0.15, 0.2) is 0 Å². The molecule has 4 aromatic rings. The van der Waals surface area contributed by atoms with Crippen LogP contribution < -0.4 is 0 Å². The molecule has 0 unspecified atom stereocenters. The first-order chi connectivity index (χ1) is 12.2. The van der Waals surface area contributed by atoms with Gasteiger partial charge in [-0.15, -0.1) is 0 Å². The van der Waals surface area contributed by atoms with E-state index in [4.69, 9.17) is 4.98 Å². The Labute approximate surface area is 147 Å². The molecule has 0 saturated carbocycles. The minimum atomic E-state index is -0.0458. The van der Waals surface area contributed by atoms with E-state index in [0.29, 0.717) is 0 Å². The van der Waals surface area contributed by atoms with Gasteiger partial charge in [-0.25, -0.2) is 4.98 Å². The van der Waals surface area contributed by atoms with E-state index in [1.165, 1.54) is 27.8 Å². The van der Waals surface area contributed by atoms with Crippen LogP contribution in [0.2, 0.25) is 0 Å². The lowest BCUT2D eigenvalue weighted by atomic mass is 9.79. The lowest BCUT2D eigenvalue weighted by Gasteiger charge is -2.24. The van der Waals surface area contributed by atoms with E-state index >= 15 is 0 Å². The van der Waals surface area contributed by atoms with Crippen LogP contribution in [0.4, 0.5) is 0 Å². The van der Waals surface area contributed by atoms with Crippen LogP contribution in [0.25, 0.3) is 33.4 Å². The van der Waals surface area contributed by atoms with Crippen LogP contribution >= 0.6 is 0 Å². The summed E-state index contributed by atoms with van der Waals surface area (Å²) in [6, 6.07) is 23.3. The van der Waals surface area contributed by atoms with Crippen molar-refractivity contribution in [3.05, 3.63) is 84.1 Å². The second-order valence-electron chi connectivity index (χ2n) is 7.14. The molecule has 1 aliphatic carbocycles. The minimum Gasteiger partial charge on any atom is -0.252 e. The van der Waals surface area contributed by atoms with Crippen LogP contribution in [-0.4, -0.2) is 9.97 Å². The number of aromatic nitrogens is 2. The number of fused-ring (bicyclic) bond motifs is 4. The van der Waals surface area contributed by atoms with Gasteiger partial charge in [0, 0.05) is 11.0 Å². The molecule has 0 fully saturated rings. The van der Waals surface area contributed by atoms with Crippen LogP contribution in [0.5, 0.6) is 0 Å². The lowest BCUT2D eigenvalue weighted by molar-refractivity contribution is 0.662. The molecule has 5 rings (SSSR count). The Morgan fingerprint density at radius 1 is 0.680 bits per heavy atom. The molecule has 25 heavy (non-hydrogen) atoms. The van der Waals surface area contributed by atoms with E-state index in [1.807, 2.05) is 30.5 Å². The smallest absolute Gasteiger partial charge is 0.0896 e. The van der Waals surface area contributed by atoms with Crippen LogP contribution in [0.1, 0.15) is 25.0 Å². The number of nitrogens with zero attached hydrogens (tertiary/aromatic N) is 2. The lowest BCUT2D eigenvalue weighted by Crippen LogP contribution is -2.16. The summed E-state index contributed by atoms with van der Waals surface area (Å²) in [5.41, 5.74) is 9.31. The average Bonchev–Trinajstić information content (AvgIpc) is 2.90. The first-order valence-corrected chi connectivity index (χ1v) is 8.62. The van der Waals surface area contributed by atoms with Gasteiger partial charge in [-0.05, 0) is 34.4 Å². The summed E-state index contributed by atoms with van der Waals surface area (Å²) in [4.78, 5) is 9.51. The maximum absolute atomic E-state index is 4.89. The topological polar surface area (TPSA) is 25.8 Å². The second kappa shape index (κ2) is 5.00. The van der Waals surface area contributed by atoms with Gasteiger partial charge >= 0.3 is 0 Å². The molecule has 0 saturated heterocycles. The van der Waals surface area contributed by atoms with E-state index < -0.39 is 0 Å². The predicted octanol–water partition coefficient (Wildman–Crippen LogP) is 5.60. The molecule has 1 aromatic heterocycles. The van der Waals surface area contributed by atoms with E-state index in [-0.39, 0.29) is 5.41 Å². The highest BCUT2D eigenvalue weighted by molar-refractivity contribution is 5.88. The van der Waals surface area contributed by atoms with Crippen LogP contribution in [0.15, 0.2) is 72.9 Å². The van der Waals surface area contributed by atoms with Crippen molar-refractivity contribution in [2.45, 2.75) is 19.3 Å². The number of hydrogen-bond donors (Lipinski definition) is 0. The Balaban J connectivity index is 1.80. The highest BCUT2D eigenvalue weighted by Crippen LogP contribution is 2.51. The molecule has 2 nitrogen and oxygen atoms in total. The Kier molecular flexibility index (Phi) is 2.87. The van der Waals surface area contributed by atoms with Gasteiger partial charge in [-0.2, -0.15) is 0 Å². The number of para-hydroxylation sites is 2. The quantitative estimate of drug-likeness (QED) is 0.455. The highest BCUT2D eigenvalue weighted by Gasteiger charge is 2.37. The van der Waals surface area contributed by atoms with E-state index in [1.54, 1.807) is 0 Å². The molecule has 0 bridgehead atoms. The molecule has 120 valence electrons. The van der Waals surface area contributed by atoms with Crippen molar-refractivity contribution in [3.8, 4) is 22.4 Å². The van der Waals surface area contributed by atoms with Crippen molar-refractivity contribution in [1.82, 2.24) is 9.97 Å². The molecule has 1 heterocycles. The Morgan fingerprint density at radius 3 is 2.24 bits per heavy atom. The van der Waals surface area contributed by atoms with Crippen molar-refractivity contribution >= 4 is 11.0 Å². The summed E-state index contributed by atoms with van der Waals surface area (Å²) in [6.07, 6.45) is 1.90. The van der Waals surface area contributed by atoms with E-state index in [0.717, 1.165) is 16.7 Å². The monoisotopic (exact) mass is 322 g/mol. The molecule has 1 aliphatic rings. The van der Waals surface area contributed by atoms with Crippen LogP contribution in [-0.2, 0) is 5.41 Å². The van der Waals surface area contributed by atoms with Gasteiger partial charge in [-0.3, -0.25) is 4.98 Å². The van der Waals surface area contributed by atoms with Gasteiger partial charge in [0.05, 0.1) is 22.9 Å². The summed E-state index contributed by atoms with van der Waals surface area (Å²) in [5.74, 6) is 0. The van der Waals surface area contributed by atoms with Crippen molar-refractivity contribution in [3.63, 3.8) is 0 Å². The molecule has 2 heteroatoms. The average molecular weight is 322 g/mol. The normalized spacial score (nSPS) is 14.3.